The molecular weight excluding hydrogens is 326 g/mol. The first-order chi connectivity index (χ1) is 11.7. The monoisotopic (exact) mass is 345 g/mol. The number of halogens is 1. The van der Waals surface area contributed by atoms with Crippen LogP contribution in [0.1, 0.15) is 5.56 Å². The summed E-state index contributed by atoms with van der Waals surface area (Å²) < 4.78 is 0. The van der Waals surface area contributed by atoms with Gasteiger partial charge in [0.15, 0.2) is 0 Å². The van der Waals surface area contributed by atoms with Gasteiger partial charge in [-0.25, -0.2) is 4.98 Å². The van der Waals surface area contributed by atoms with Crippen molar-refractivity contribution in [3.05, 3.63) is 47.1 Å². The van der Waals surface area contributed by atoms with E-state index in [0.29, 0.717) is 19.0 Å². The minimum absolute atomic E-state index is 0.706. The summed E-state index contributed by atoms with van der Waals surface area (Å²) in [7, 11) is 0. The number of nitrogens with one attached hydrogen (secondary N) is 1. The van der Waals surface area contributed by atoms with Gasteiger partial charge in [0.25, 0.3) is 0 Å². The van der Waals surface area contributed by atoms with Crippen LogP contribution in [0.25, 0.3) is 0 Å². The van der Waals surface area contributed by atoms with E-state index >= 15 is 0 Å². The number of rotatable bonds is 6. The molecule has 1 aromatic heterocycles. The number of hydrogen-bond donors (Lipinski definition) is 1. The first kappa shape index (κ1) is 16.5. The lowest BCUT2D eigenvalue weighted by molar-refractivity contribution is -0.118. The first-order valence-electron chi connectivity index (χ1n) is 8.00. The molecule has 7 heteroatoms. The molecule has 0 atom stereocenters. The van der Waals surface area contributed by atoms with E-state index in [9.17, 15) is 4.79 Å². The van der Waals surface area contributed by atoms with Gasteiger partial charge in [0.2, 0.25) is 12.4 Å². The van der Waals surface area contributed by atoms with Crippen LogP contribution >= 0.6 is 11.6 Å². The molecule has 1 aromatic carbocycles. The van der Waals surface area contributed by atoms with Crippen LogP contribution in [0.5, 0.6) is 0 Å². The Morgan fingerprint density at radius 2 is 1.88 bits per heavy atom. The molecule has 1 amide bonds. The second kappa shape index (κ2) is 7.97. The third-order valence-corrected chi connectivity index (χ3v) is 4.27. The van der Waals surface area contributed by atoms with Crippen LogP contribution in [0.3, 0.4) is 0 Å². The Morgan fingerprint density at radius 3 is 2.58 bits per heavy atom. The van der Waals surface area contributed by atoms with Crippen LogP contribution in [-0.4, -0.2) is 54.0 Å². The van der Waals surface area contributed by atoms with Crippen LogP contribution in [0, 0.1) is 0 Å². The molecule has 1 aliphatic rings. The summed E-state index contributed by atoms with van der Waals surface area (Å²) in [5.74, 6) is 1.52. The van der Waals surface area contributed by atoms with Crippen molar-refractivity contribution in [2.75, 3.05) is 42.9 Å². The van der Waals surface area contributed by atoms with Crippen molar-refractivity contribution in [3.8, 4) is 0 Å². The Hall–Kier alpha value is -2.34. The molecule has 1 aliphatic heterocycles. The highest BCUT2D eigenvalue weighted by Gasteiger charge is 2.17. The van der Waals surface area contributed by atoms with E-state index in [-0.39, 0.29) is 0 Å². The van der Waals surface area contributed by atoms with Gasteiger partial charge in [-0.3, -0.25) is 4.79 Å². The average molecular weight is 346 g/mol. The average Bonchev–Trinajstić information content (AvgIpc) is 2.64. The molecule has 0 saturated carbocycles. The number of hydrogen-bond acceptors (Lipinski definition) is 5. The van der Waals surface area contributed by atoms with Gasteiger partial charge >= 0.3 is 0 Å². The minimum atomic E-state index is 0.706. The minimum Gasteiger partial charge on any atom is -0.370 e. The van der Waals surface area contributed by atoms with Crippen molar-refractivity contribution in [2.24, 2.45) is 0 Å². The van der Waals surface area contributed by atoms with Crippen LogP contribution in [0.2, 0.25) is 5.02 Å². The quantitative estimate of drug-likeness (QED) is 0.812. The van der Waals surface area contributed by atoms with Gasteiger partial charge in [0, 0.05) is 43.9 Å². The molecule has 1 N–H and O–H groups in total. The smallest absolute Gasteiger partial charge is 0.227 e. The van der Waals surface area contributed by atoms with E-state index in [0.717, 1.165) is 43.3 Å². The highest BCUT2D eigenvalue weighted by atomic mass is 35.5. The van der Waals surface area contributed by atoms with Gasteiger partial charge in [-0.05, 0) is 30.2 Å². The molecule has 6 nitrogen and oxygen atoms in total. The molecule has 126 valence electrons. The first-order valence-corrected chi connectivity index (χ1v) is 8.38. The number of amides is 1. The number of carbonyl (C=O) groups is 1. The summed E-state index contributed by atoms with van der Waals surface area (Å²) in [5.41, 5.74) is 1.23. The number of anilines is 2. The number of aromatic nitrogens is 2. The van der Waals surface area contributed by atoms with Crippen molar-refractivity contribution >= 4 is 29.8 Å². The lowest BCUT2D eigenvalue weighted by atomic mass is 10.1. The molecule has 0 aliphatic carbocycles. The SMILES string of the molecule is O=CN1CCN(c2nccc(NCCc3ccc(Cl)cc3)n2)CC1. The molecule has 24 heavy (non-hydrogen) atoms. The summed E-state index contributed by atoms with van der Waals surface area (Å²) in [5, 5.41) is 4.08. The van der Waals surface area contributed by atoms with E-state index in [2.05, 4.69) is 20.2 Å². The second-order valence-electron chi connectivity index (χ2n) is 5.67. The van der Waals surface area contributed by atoms with E-state index in [4.69, 9.17) is 11.6 Å². The Kier molecular flexibility index (Phi) is 5.48. The highest BCUT2D eigenvalue weighted by molar-refractivity contribution is 6.30. The van der Waals surface area contributed by atoms with Crippen molar-refractivity contribution < 1.29 is 4.79 Å². The Balaban J connectivity index is 1.53. The lowest BCUT2D eigenvalue weighted by Crippen LogP contribution is -2.46. The zero-order valence-electron chi connectivity index (χ0n) is 13.4. The standard InChI is InChI=1S/C17H20ClN5O/c18-15-3-1-14(2-4-15)5-7-19-16-6-8-20-17(21-16)23-11-9-22(13-24)10-12-23/h1-4,6,8,13H,5,7,9-12H2,(H,19,20,21). The third-order valence-electron chi connectivity index (χ3n) is 4.02. The summed E-state index contributed by atoms with van der Waals surface area (Å²) in [4.78, 5) is 23.6. The van der Waals surface area contributed by atoms with E-state index in [1.54, 1.807) is 11.1 Å². The molecule has 3 rings (SSSR count). The molecule has 0 spiro atoms. The van der Waals surface area contributed by atoms with E-state index in [1.165, 1.54) is 5.56 Å². The van der Waals surface area contributed by atoms with Gasteiger partial charge in [0.1, 0.15) is 5.82 Å². The summed E-state index contributed by atoms with van der Waals surface area (Å²) in [6, 6.07) is 9.73. The van der Waals surface area contributed by atoms with E-state index in [1.807, 2.05) is 30.3 Å². The van der Waals surface area contributed by atoms with Crippen molar-refractivity contribution in [1.82, 2.24) is 14.9 Å². The maximum atomic E-state index is 10.8. The van der Waals surface area contributed by atoms with Gasteiger partial charge in [0.05, 0.1) is 0 Å². The Morgan fingerprint density at radius 1 is 1.12 bits per heavy atom. The van der Waals surface area contributed by atoms with E-state index < -0.39 is 0 Å². The molecule has 0 unspecified atom stereocenters. The van der Waals surface area contributed by atoms with Crippen LogP contribution in [0.4, 0.5) is 11.8 Å². The second-order valence-corrected chi connectivity index (χ2v) is 6.11. The molecule has 0 radical (unpaired) electrons. The van der Waals surface area contributed by atoms with Gasteiger partial charge < -0.3 is 15.1 Å². The van der Waals surface area contributed by atoms with Crippen molar-refractivity contribution in [1.29, 1.82) is 0 Å². The molecular formula is C17H20ClN5O. The van der Waals surface area contributed by atoms with Crippen LogP contribution < -0.4 is 10.2 Å². The fourth-order valence-corrected chi connectivity index (χ4v) is 2.74. The predicted molar refractivity (Wildman–Crippen MR) is 95.5 cm³/mol. The molecule has 0 bridgehead atoms. The maximum Gasteiger partial charge on any atom is 0.227 e. The molecule has 2 aromatic rings. The van der Waals surface area contributed by atoms with Gasteiger partial charge in [-0.15, -0.1) is 0 Å². The van der Waals surface area contributed by atoms with Crippen LogP contribution in [-0.2, 0) is 11.2 Å². The highest BCUT2D eigenvalue weighted by Crippen LogP contribution is 2.14. The third kappa shape index (κ3) is 4.35. The topological polar surface area (TPSA) is 61.4 Å². The predicted octanol–water partition coefficient (Wildman–Crippen LogP) is 2.06. The molecule has 1 fully saturated rings. The summed E-state index contributed by atoms with van der Waals surface area (Å²) >= 11 is 5.89. The van der Waals surface area contributed by atoms with Crippen molar-refractivity contribution in [3.63, 3.8) is 0 Å². The Labute approximate surface area is 146 Å². The molecule has 1 saturated heterocycles. The lowest BCUT2D eigenvalue weighted by Gasteiger charge is -2.32. The Bertz CT molecular complexity index is 671. The zero-order chi connectivity index (χ0) is 16.8. The number of nitrogens with zero attached hydrogens (tertiary/aromatic N) is 4. The number of carbonyl (C=O) groups excluding carboxylic acids is 1. The normalized spacial score (nSPS) is 14.5. The summed E-state index contributed by atoms with van der Waals surface area (Å²) in [6.07, 6.45) is 3.56. The van der Waals surface area contributed by atoms with Gasteiger partial charge in [-0.1, -0.05) is 23.7 Å². The largest absolute Gasteiger partial charge is 0.370 e. The number of piperazine rings is 1. The fraction of sp³-hybridized carbons (Fsp3) is 0.353. The zero-order valence-corrected chi connectivity index (χ0v) is 14.1. The van der Waals surface area contributed by atoms with Gasteiger partial charge in [-0.2, -0.15) is 4.98 Å². The van der Waals surface area contributed by atoms with Crippen LogP contribution in [0.15, 0.2) is 36.5 Å². The van der Waals surface area contributed by atoms with Crippen molar-refractivity contribution in [2.45, 2.75) is 6.42 Å². The maximum absolute atomic E-state index is 10.8. The number of benzene rings is 1. The summed E-state index contributed by atoms with van der Waals surface area (Å²) in [6.45, 7) is 3.72. The molecule has 2 heterocycles. The fourth-order valence-electron chi connectivity index (χ4n) is 2.61.